The normalized spacial score (nSPS) is 17.0. The molecule has 4 nitrogen and oxygen atoms in total. The van der Waals surface area contributed by atoms with Gasteiger partial charge in [-0.2, -0.15) is 0 Å². The number of Topliss-reactive ketones (excluding diaryl/α,β-unsaturated/α-hetero) is 1. The van der Waals surface area contributed by atoms with Gasteiger partial charge in [0.05, 0.1) is 15.2 Å². The van der Waals surface area contributed by atoms with Crippen molar-refractivity contribution in [2.45, 2.75) is 31.6 Å². The summed E-state index contributed by atoms with van der Waals surface area (Å²) in [5.74, 6) is 0.306. The number of rotatable bonds is 5. The molecule has 0 radical (unpaired) electrons. The van der Waals surface area contributed by atoms with E-state index in [-0.39, 0.29) is 30.4 Å². The van der Waals surface area contributed by atoms with Crippen LogP contribution >= 0.6 is 22.9 Å². The highest BCUT2D eigenvalue weighted by molar-refractivity contribution is 7.18. The number of hydrogen-bond acceptors (Lipinski definition) is 4. The van der Waals surface area contributed by atoms with Gasteiger partial charge in [-0.15, -0.1) is 11.3 Å². The van der Waals surface area contributed by atoms with Crippen LogP contribution in [0.1, 0.15) is 47.0 Å². The number of carbonyl (C=O) groups is 2. The van der Waals surface area contributed by atoms with Gasteiger partial charge in [-0.05, 0) is 49.2 Å². The van der Waals surface area contributed by atoms with Crippen LogP contribution in [0.15, 0.2) is 48.5 Å². The molecule has 1 saturated heterocycles. The molecule has 1 aliphatic rings. The number of likely N-dealkylation sites (tertiary alicyclic amines) is 1. The summed E-state index contributed by atoms with van der Waals surface area (Å²) in [6.07, 6.45) is 2.49. The minimum atomic E-state index is -0.0234. The van der Waals surface area contributed by atoms with Crippen molar-refractivity contribution in [2.75, 3.05) is 13.1 Å². The van der Waals surface area contributed by atoms with Crippen LogP contribution in [0.4, 0.5) is 0 Å². The largest absolute Gasteiger partial charge is 0.342 e. The summed E-state index contributed by atoms with van der Waals surface area (Å²) >= 11 is 7.58. The van der Waals surface area contributed by atoms with Crippen LogP contribution in [0.3, 0.4) is 0 Å². The third kappa shape index (κ3) is 4.26. The zero-order valence-electron chi connectivity index (χ0n) is 15.4. The van der Waals surface area contributed by atoms with Crippen LogP contribution in [0.5, 0.6) is 0 Å². The van der Waals surface area contributed by atoms with E-state index in [4.69, 9.17) is 16.6 Å². The van der Waals surface area contributed by atoms with Crippen molar-refractivity contribution in [1.29, 1.82) is 0 Å². The number of aromatic nitrogens is 1. The second-order valence-corrected chi connectivity index (χ2v) is 8.63. The van der Waals surface area contributed by atoms with Crippen molar-refractivity contribution >= 4 is 44.8 Å². The van der Waals surface area contributed by atoms with Gasteiger partial charge >= 0.3 is 0 Å². The van der Waals surface area contributed by atoms with E-state index in [2.05, 4.69) is 6.07 Å². The quantitative estimate of drug-likeness (QED) is 0.533. The molecule has 0 aliphatic carbocycles. The van der Waals surface area contributed by atoms with Crippen molar-refractivity contribution in [1.82, 2.24) is 9.88 Å². The van der Waals surface area contributed by atoms with Gasteiger partial charge in [-0.3, -0.25) is 9.59 Å². The van der Waals surface area contributed by atoms with Gasteiger partial charge in [-0.1, -0.05) is 23.7 Å². The van der Waals surface area contributed by atoms with Gasteiger partial charge in [0, 0.05) is 42.4 Å². The molecule has 144 valence electrons. The Morgan fingerprint density at radius 1 is 1.11 bits per heavy atom. The Morgan fingerprint density at radius 2 is 1.89 bits per heavy atom. The SMILES string of the molecule is O=C(CCC(=O)N1CCC[C@@H](c2nc3ccccc3s2)C1)c1ccc(Cl)cc1. The fourth-order valence-corrected chi connectivity index (χ4v) is 4.85. The number of ketones is 1. The molecule has 0 N–H and O–H groups in total. The maximum Gasteiger partial charge on any atom is 0.223 e. The van der Waals surface area contributed by atoms with Crippen molar-refractivity contribution in [2.24, 2.45) is 0 Å². The van der Waals surface area contributed by atoms with E-state index in [9.17, 15) is 9.59 Å². The predicted octanol–water partition coefficient (Wildman–Crippen LogP) is 5.32. The number of benzene rings is 2. The van der Waals surface area contributed by atoms with Crippen LogP contribution in [-0.2, 0) is 4.79 Å². The van der Waals surface area contributed by atoms with E-state index in [0.29, 0.717) is 17.1 Å². The number of piperidine rings is 1. The van der Waals surface area contributed by atoms with E-state index >= 15 is 0 Å². The molecule has 0 bridgehead atoms. The first-order valence-electron chi connectivity index (χ1n) is 9.52. The summed E-state index contributed by atoms with van der Waals surface area (Å²) in [4.78, 5) is 31.6. The van der Waals surface area contributed by atoms with Crippen LogP contribution in [0.2, 0.25) is 5.02 Å². The molecule has 2 heterocycles. The van der Waals surface area contributed by atoms with E-state index in [1.165, 1.54) is 4.70 Å². The molecule has 0 saturated carbocycles. The van der Waals surface area contributed by atoms with Crippen LogP contribution in [0.25, 0.3) is 10.2 Å². The molecular weight excluding hydrogens is 392 g/mol. The van der Waals surface area contributed by atoms with Gasteiger partial charge < -0.3 is 4.90 Å². The first-order chi connectivity index (χ1) is 13.6. The standard InChI is InChI=1S/C22H21ClN2O2S/c23-17-9-7-15(8-10-17)19(26)11-12-21(27)25-13-3-4-16(14-25)22-24-18-5-1-2-6-20(18)28-22/h1-2,5-10,16H,3-4,11-14H2/t16-/m1/s1. The second kappa shape index (κ2) is 8.41. The molecule has 1 atom stereocenters. The van der Waals surface area contributed by atoms with Gasteiger partial charge in [0.1, 0.15) is 0 Å². The molecule has 1 amide bonds. The van der Waals surface area contributed by atoms with Gasteiger partial charge in [-0.25, -0.2) is 4.98 Å². The third-order valence-electron chi connectivity index (χ3n) is 5.17. The van der Waals surface area contributed by atoms with E-state index in [1.807, 2.05) is 23.1 Å². The number of fused-ring (bicyclic) bond motifs is 1. The number of hydrogen-bond donors (Lipinski definition) is 0. The van der Waals surface area contributed by atoms with Crippen molar-refractivity contribution in [3.8, 4) is 0 Å². The number of nitrogens with zero attached hydrogens (tertiary/aromatic N) is 2. The number of carbonyl (C=O) groups excluding carboxylic acids is 2. The summed E-state index contributed by atoms with van der Waals surface area (Å²) in [5.41, 5.74) is 1.63. The summed E-state index contributed by atoms with van der Waals surface area (Å²) in [7, 11) is 0. The zero-order valence-corrected chi connectivity index (χ0v) is 17.0. The highest BCUT2D eigenvalue weighted by Gasteiger charge is 2.27. The lowest BCUT2D eigenvalue weighted by Crippen LogP contribution is -2.39. The number of thiazole rings is 1. The van der Waals surface area contributed by atoms with Crippen LogP contribution in [0, 0.1) is 0 Å². The molecule has 1 aliphatic heterocycles. The Balaban J connectivity index is 1.36. The first kappa shape index (κ1) is 19.1. The summed E-state index contributed by atoms with van der Waals surface area (Å²) in [5, 5.41) is 1.71. The fourth-order valence-electron chi connectivity index (χ4n) is 3.63. The molecule has 3 aromatic rings. The monoisotopic (exact) mass is 412 g/mol. The lowest BCUT2D eigenvalue weighted by molar-refractivity contribution is -0.132. The summed E-state index contributed by atoms with van der Waals surface area (Å²) in [6, 6.07) is 15.0. The van der Waals surface area contributed by atoms with Crippen molar-refractivity contribution in [3.63, 3.8) is 0 Å². The van der Waals surface area contributed by atoms with Gasteiger partial charge in [0.25, 0.3) is 0 Å². The molecule has 2 aromatic carbocycles. The highest BCUT2D eigenvalue weighted by atomic mass is 35.5. The molecule has 0 spiro atoms. The zero-order chi connectivity index (χ0) is 19.5. The van der Waals surface area contributed by atoms with E-state index in [1.54, 1.807) is 35.6 Å². The minimum absolute atomic E-state index is 0.0234. The molecule has 1 fully saturated rings. The number of halogens is 1. The molecule has 4 rings (SSSR count). The molecule has 1 aromatic heterocycles. The molecular formula is C22H21ClN2O2S. The number of para-hydroxylation sites is 1. The summed E-state index contributed by atoms with van der Waals surface area (Å²) in [6.45, 7) is 1.45. The molecule has 6 heteroatoms. The maximum absolute atomic E-state index is 12.7. The Hall–Kier alpha value is -2.24. The Morgan fingerprint density at radius 3 is 2.68 bits per heavy atom. The summed E-state index contributed by atoms with van der Waals surface area (Å²) < 4.78 is 1.19. The van der Waals surface area contributed by atoms with Crippen LogP contribution < -0.4 is 0 Å². The van der Waals surface area contributed by atoms with Gasteiger partial charge in [0.2, 0.25) is 5.91 Å². The molecule has 28 heavy (non-hydrogen) atoms. The fraction of sp³-hybridized carbons (Fsp3) is 0.318. The number of amides is 1. The Kier molecular flexibility index (Phi) is 5.74. The lowest BCUT2D eigenvalue weighted by Gasteiger charge is -2.31. The average molecular weight is 413 g/mol. The second-order valence-electron chi connectivity index (χ2n) is 7.13. The van der Waals surface area contributed by atoms with Crippen molar-refractivity contribution in [3.05, 3.63) is 64.1 Å². The Bertz CT molecular complexity index is 966. The van der Waals surface area contributed by atoms with E-state index < -0.39 is 0 Å². The smallest absolute Gasteiger partial charge is 0.223 e. The Labute approximate surface area is 173 Å². The van der Waals surface area contributed by atoms with Crippen LogP contribution in [-0.4, -0.2) is 34.7 Å². The predicted molar refractivity (Wildman–Crippen MR) is 113 cm³/mol. The topological polar surface area (TPSA) is 50.3 Å². The first-order valence-corrected chi connectivity index (χ1v) is 10.7. The maximum atomic E-state index is 12.7. The van der Waals surface area contributed by atoms with Gasteiger partial charge in [0.15, 0.2) is 5.78 Å². The lowest BCUT2D eigenvalue weighted by atomic mass is 9.98. The van der Waals surface area contributed by atoms with Crippen molar-refractivity contribution < 1.29 is 9.59 Å². The average Bonchev–Trinajstić information content (AvgIpc) is 3.17. The third-order valence-corrected chi connectivity index (χ3v) is 6.62. The van der Waals surface area contributed by atoms with E-state index in [0.717, 1.165) is 29.9 Å². The molecule has 0 unspecified atom stereocenters. The highest BCUT2D eigenvalue weighted by Crippen LogP contribution is 2.33. The minimum Gasteiger partial charge on any atom is -0.342 e.